The maximum atomic E-state index is 12.6. The van der Waals surface area contributed by atoms with Crippen LogP contribution >= 0.6 is 0 Å². The smallest absolute Gasteiger partial charge is 0.306 e. The van der Waals surface area contributed by atoms with E-state index in [2.05, 4.69) is 0 Å². The van der Waals surface area contributed by atoms with E-state index in [4.69, 9.17) is 4.74 Å². The molecular formula is C21H23NO4. The van der Waals surface area contributed by atoms with Gasteiger partial charge in [-0.1, -0.05) is 55.5 Å². The highest BCUT2D eigenvalue weighted by molar-refractivity contribution is 5.99. The molecule has 3 atom stereocenters. The zero-order valence-corrected chi connectivity index (χ0v) is 15.0. The van der Waals surface area contributed by atoms with Crippen molar-refractivity contribution in [3.8, 4) is 0 Å². The van der Waals surface area contributed by atoms with Gasteiger partial charge in [0.05, 0.1) is 6.42 Å². The number of rotatable bonds is 6. The summed E-state index contributed by atoms with van der Waals surface area (Å²) in [5, 5.41) is 10.5. The number of hydrogen-bond acceptors (Lipinski definition) is 4. The first-order valence-corrected chi connectivity index (χ1v) is 8.78. The first kappa shape index (κ1) is 18.1. The average Bonchev–Trinajstić information content (AvgIpc) is 2.91. The van der Waals surface area contributed by atoms with E-state index in [0.29, 0.717) is 11.1 Å². The van der Waals surface area contributed by atoms with E-state index < -0.39 is 6.23 Å². The molecule has 0 spiro atoms. The Labute approximate surface area is 153 Å². The Hall–Kier alpha value is -2.66. The average molecular weight is 353 g/mol. The minimum atomic E-state index is -0.975. The van der Waals surface area contributed by atoms with Crippen LogP contribution in [0.5, 0.6) is 0 Å². The van der Waals surface area contributed by atoms with E-state index in [-0.39, 0.29) is 36.9 Å². The molecule has 0 aromatic heterocycles. The topological polar surface area (TPSA) is 66.8 Å². The number of esters is 1. The maximum Gasteiger partial charge on any atom is 0.306 e. The molecule has 136 valence electrons. The zero-order chi connectivity index (χ0) is 18.7. The number of carbonyl (C=O) groups excluding carboxylic acids is 2. The quantitative estimate of drug-likeness (QED) is 0.809. The van der Waals surface area contributed by atoms with E-state index in [0.717, 1.165) is 5.56 Å². The summed E-state index contributed by atoms with van der Waals surface area (Å²) < 4.78 is 5.32. The number of benzene rings is 2. The van der Waals surface area contributed by atoms with Crippen molar-refractivity contribution in [2.75, 3.05) is 0 Å². The van der Waals surface area contributed by atoms with Crippen molar-refractivity contribution in [1.29, 1.82) is 0 Å². The normalized spacial score (nSPS) is 18.3. The van der Waals surface area contributed by atoms with Gasteiger partial charge in [0.25, 0.3) is 5.91 Å². The highest BCUT2D eigenvalue weighted by atomic mass is 16.5. The highest BCUT2D eigenvalue weighted by Gasteiger charge is 2.39. The summed E-state index contributed by atoms with van der Waals surface area (Å²) in [5.41, 5.74) is 2.07. The lowest BCUT2D eigenvalue weighted by Gasteiger charge is -2.32. The van der Waals surface area contributed by atoms with Crippen LogP contribution in [0.3, 0.4) is 0 Å². The lowest BCUT2D eigenvalue weighted by Crippen LogP contribution is -2.41. The van der Waals surface area contributed by atoms with Crippen molar-refractivity contribution < 1.29 is 19.4 Å². The third-order valence-electron chi connectivity index (χ3n) is 4.96. The molecule has 0 bridgehead atoms. The van der Waals surface area contributed by atoms with Gasteiger partial charge < -0.3 is 14.7 Å². The second-order valence-electron chi connectivity index (χ2n) is 6.74. The Kier molecular flexibility index (Phi) is 5.38. The van der Waals surface area contributed by atoms with Crippen LogP contribution in [-0.4, -0.2) is 27.9 Å². The van der Waals surface area contributed by atoms with Crippen LogP contribution in [0.4, 0.5) is 0 Å². The largest absolute Gasteiger partial charge is 0.461 e. The Bertz CT molecular complexity index is 790. The molecule has 2 aromatic carbocycles. The molecule has 1 heterocycles. The van der Waals surface area contributed by atoms with Crippen molar-refractivity contribution in [3.63, 3.8) is 0 Å². The third-order valence-corrected chi connectivity index (χ3v) is 4.96. The highest BCUT2D eigenvalue weighted by Crippen LogP contribution is 2.35. The second kappa shape index (κ2) is 7.70. The SMILES string of the molecule is CC([C@H](C)CC(=O)OCc1ccccc1)N1C(=O)c2ccccc2C1O. The van der Waals surface area contributed by atoms with E-state index in [1.807, 2.05) is 44.2 Å². The standard InChI is InChI=1S/C21H23NO4/c1-14(12-19(23)26-13-16-8-4-3-5-9-16)15(2)22-20(24)17-10-6-7-11-18(17)21(22)25/h3-11,14-15,20,24H,12-13H2,1-2H3/t14-,15?,20?/m1/s1. The summed E-state index contributed by atoms with van der Waals surface area (Å²) in [6.45, 7) is 3.97. The molecule has 2 aromatic rings. The van der Waals surface area contributed by atoms with Gasteiger partial charge >= 0.3 is 5.97 Å². The number of aliphatic hydroxyl groups is 1. The predicted molar refractivity (Wildman–Crippen MR) is 97.1 cm³/mol. The van der Waals surface area contributed by atoms with Gasteiger partial charge in [0.15, 0.2) is 6.23 Å². The van der Waals surface area contributed by atoms with Crippen LogP contribution in [0.25, 0.3) is 0 Å². The summed E-state index contributed by atoms with van der Waals surface area (Å²) in [6.07, 6.45) is -0.794. The zero-order valence-electron chi connectivity index (χ0n) is 15.0. The van der Waals surface area contributed by atoms with Crippen molar-refractivity contribution in [3.05, 3.63) is 71.3 Å². The molecule has 0 radical (unpaired) electrons. The lowest BCUT2D eigenvalue weighted by molar-refractivity contribution is -0.146. The number of nitrogens with zero attached hydrogens (tertiary/aromatic N) is 1. The molecular weight excluding hydrogens is 330 g/mol. The van der Waals surface area contributed by atoms with Gasteiger partial charge in [0.1, 0.15) is 6.61 Å². The molecule has 5 nitrogen and oxygen atoms in total. The van der Waals surface area contributed by atoms with Gasteiger partial charge in [-0.3, -0.25) is 9.59 Å². The van der Waals surface area contributed by atoms with Gasteiger partial charge in [-0.15, -0.1) is 0 Å². The number of amides is 1. The number of aliphatic hydroxyl groups excluding tert-OH is 1. The molecule has 0 saturated carbocycles. The summed E-state index contributed by atoms with van der Waals surface area (Å²) in [4.78, 5) is 26.2. The minimum absolute atomic E-state index is 0.147. The molecule has 1 aliphatic heterocycles. The maximum absolute atomic E-state index is 12.6. The molecule has 3 rings (SSSR count). The molecule has 5 heteroatoms. The Morgan fingerprint density at radius 3 is 2.46 bits per heavy atom. The molecule has 2 unspecified atom stereocenters. The Morgan fingerprint density at radius 1 is 1.12 bits per heavy atom. The first-order valence-electron chi connectivity index (χ1n) is 8.78. The van der Waals surface area contributed by atoms with Crippen molar-refractivity contribution >= 4 is 11.9 Å². The number of ether oxygens (including phenoxy) is 1. The summed E-state index contributed by atoms with van der Waals surface area (Å²) in [6, 6.07) is 16.2. The van der Waals surface area contributed by atoms with Crippen LogP contribution in [-0.2, 0) is 16.1 Å². The number of carbonyl (C=O) groups is 2. The Balaban J connectivity index is 1.59. The lowest BCUT2D eigenvalue weighted by atomic mass is 9.98. The summed E-state index contributed by atoms with van der Waals surface area (Å²) in [5.74, 6) is -0.664. The van der Waals surface area contributed by atoms with Crippen LogP contribution < -0.4 is 0 Å². The summed E-state index contributed by atoms with van der Waals surface area (Å²) in [7, 11) is 0. The fraction of sp³-hybridized carbons (Fsp3) is 0.333. The van der Waals surface area contributed by atoms with Crippen molar-refractivity contribution in [2.24, 2.45) is 5.92 Å². The number of fused-ring (bicyclic) bond motifs is 1. The molecule has 0 fully saturated rings. The van der Waals surface area contributed by atoms with E-state index in [1.165, 1.54) is 4.90 Å². The van der Waals surface area contributed by atoms with Crippen LogP contribution in [0, 0.1) is 5.92 Å². The molecule has 1 aliphatic rings. The van der Waals surface area contributed by atoms with Gasteiger partial charge in [-0.25, -0.2) is 0 Å². The van der Waals surface area contributed by atoms with Gasteiger partial charge in [-0.2, -0.15) is 0 Å². The monoisotopic (exact) mass is 353 g/mol. The van der Waals surface area contributed by atoms with Gasteiger partial charge in [0, 0.05) is 17.2 Å². The predicted octanol–water partition coefficient (Wildman–Crippen LogP) is 3.29. The first-order chi connectivity index (χ1) is 12.5. The summed E-state index contributed by atoms with van der Waals surface area (Å²) >= 11 is 0. The third kappa shape index (κ3) is 3.63. The molecule has 0 saturated heterocycles. The van der Waals surface area contributed by atoms with Gasteiger partial charge in [-0.05, 0) is 24.5 Å². The fourth-order valence-corrected chi connectivity index (χ4v) is 3.23. The molecule has 26 heavy (non-hydrogen) atoms. The Morgan fingerprint density at radius 2 is 1.77 bits per heavy atom. The molecule has 1 N–H and O–H groups in total. The van der Waals surface area contributed by atoms with Crippen molar-refractivity contribution in [1.82, 2.24) is 4.90 Å². The van der Waals surface area contributed by atoms with E-state index in [9.17, 15) is 14.7 Å². The van der Waals surface area contributed by atoms with E-state index in [1.54, 1.807) is 24.3 Å². The fourth-order valence-electron chi connectivity index (χ4n) is 3.23. The second-order valence-corrected chi connectivity index (χ2v) is 6.74. The van der Waals surface area contributed by atoms with Crippen LogP contribution in [0.2, 0.25) is 0 Å². The minimum Gasteiger partial charge on any atom is -0.461 e. The van der Waals surface area contributed by atoms with Crippen LogP contribution in [0.1, 0.15) is 48.0 Å². The molecule has 1 amide bonds. The number of hydrogen-bond donors (Lipinski definition) is 1. The van der Waals surface area contributed by atoms with E-state index >= 15 is 0 Å². The molecule has 0 aliphatic carbocycles. The van der Waals surface area contributed by atoms with Crippen molar-refractivity contribution in [2.45, 2.75) is 39.1 Å². The van der Waals surface area contributed by atoms with Gasteiger partial charge in [0.2, 0.25) is 0 Å². The van der Waals surface area contributed by atoms with Crippen LogP contribution in [0.15, 0.2) is 54.6 Å².